The fraction of sp³-hybridized carbons (Fsp3) is 0.562. The third kappa shape index (κ3) is 3.32. The third-order valence-corrected chi connectivity index (χ3v) is 4.18. The summed E-state index contributed by atoms with van der Waals surface area (Å²) in [5.41, 5.74) is 0.168. The van der Waals surface area contributed by atoms with Crippen molar-refractivity contribution in [1.29, 1.82) is 10.5 Å². The molecule has 2 rings (SSSR count). The van der Waals surface area contributed by atoms with E-state index in [1.807, 2.05) is 6.07 Å². The zero-order valence-electron chi connectivity index (χ0n) is 13.3. The van der Waals surface area contributed by atoms with E-state index in [1.165, 1.54) is 6.08 Å². The Morgan fingerprint density at radius 1 is 1.21 bits per heavy atom. The van der Waals surface area contributed by atoms with E-state index in [4.69, 9.17) is 30.0 Å². The van der Waals surface area contributed by atoms with Gasteiger partial charge >= 0.3 is 5.97 Å². The topological polar surface area (TPSA) is 122 Å². The van der Waals surface area contributed by atoms with E-state index in [1.54, 1.807) is 26.0 Å². The lowest BCUT2D eigenvalue weighted by Crippen LogP contribution is -2.37. The molecule has 1 N–H and O–H groups in total. The van der Waals surface area contributed by atoms with Crippen LogP contribution < -0.4 is 0 Å². The van der Waals surface area contributed by atoms with E-state index < -0.39 is 36.3 Å². The number of rotatable bonds is 5. The van der Waals surface area contributed by atoms with E-state index in [9.17, 15) is 4.79 Å². The number of hydrogen-bond acceptors (Lipinski definition) is 8. The normalized spacial score (nSPS) is 31.0. The van der Waals surface area contributed by atoms with Crippen molar-refractivity contribution in [3.8, 4) is 12.1 Å². The maximum absolute atomic E-state index is 11.9. The van der Waals surface area contributed by atoms with Gasteiger partial charge in [0.25, 0.3) is 0 Å². The molecule has 5 atom stereocenters. The molecule has 2 saturated heterocycles. The summed E-state index contributed by atoms with van der Waals surface area (Å²) in [5, 5.41) is 27.1. The van der Waals surface area contributed by atoms with Crippen molar-refractivity contribution < 1.29 is 29.1 Å². The number of hydrogen-bond donors (Lipinski definition) is 1. The first-order valence-corrected chi connectivity index (χ1v) is 7.48. The van der Waals surface area contributed by atoms with Gasteiger partial charge in [-0.15, -0.1) is 0 Å². The van der Waals surface area contributed by atoms with Gasteiger partial charge < -0.3 is 14.2 Å². The van der Waals surface area contributed by atoms with Gasteiger partial charge in [-0.3, -0.25) is 5.26 Å². The van der Waals surface area contributed by atoms with Gasteiger partial charge in [0.1, 0.15) is 23.9 Å². The zero-order valence-corrected chi connectivity index (χ0v) is 13.3. The smallest absolute Gasteiger partial charge is 0.348 e. The van der Waals surface area contributed by atoms with Crippen LogP contribution in [0.5, 0.6) is 0 Å². The molecule has 2 aliphatic rings. The first-order chi connectivity index (χ1) is 11.6. The lowest BCUT2D eigenvalue weighted by atomic mass is 9.91. The van der Waals surface area contributed by atoms with Crippen molar-refractivity contribution in [1.82, 2.24) is 0 Å². The average molecular weight is 334 g/mol. The molecular weight excluding hydrogens is 316 g/mol. The van der Waals surface area contributed by atoms with Crippen LogP contribution in [0.3, 0.4) is 0 Å². The number of allylic oxidation sites excluding steroid dienone is 2. The van der Waals surface area contributed by atoms with Crippen LogP contribution in [0.2, 0.25) is 0 Å². The highest BCUT2D eigenvalue weighted by Crippen LogP contribution is 2.37. The number of fused-ring (bicyclic) bond motifs is 1. The molecule has 0 bridgehead atoms. The monoisotopic (exact) mass is 334 g/mol. The Morgan fingerprint density at radius 2 is 1.92 bits per heavy atom. The Kier molecular flexibility index (Phi) is 6.07. The molecule has 0 aliphatic carbocycles. The van der Waals surface area contributed by atoms with Crippen molar-refractivity contribution in [2.75, 3.05) is 13.2 Å². The van der Waals surface area contributed by atoms with E-state index in [0.717, 1.165) is 0 Å². The molecule has 0 aromatic heterocycles. The molecule has 0 aromatic carbocycles. The summed E-state index contributed by atoms with van der Waals surface area (Å²) in [4.78, 5) is 16.3. The molecule has 2 fully saturated rings. The quantitative estimate of drug-likeness (QED) is 0.261. The van der Waals surface area contributed by atoms with Gasteiger partial charge in [-0.05, 0) is 13.8 Å². The molecule has 2 heterocycles. The lowest BCUT2D eigenvalue weighted by molar-refractivity contribution is -0.282. The summed E-state index contributed by atoms with van der Waals surface area (Å²) < 4.78 is 16.6. The Bertz CT molecular complexity index is 629. The molecule has 0 spiro atoms. The summed E-state index contributed by atoms with van der Waals surface area (Å²) in [6, 6.07) is 3.73. The minimum Gasteiger partial charge on any atom is -0.453 e. The molecule has 128 valence electrons. The van der Waals surface area contributed by atoms with Crippen LogP contribution in [0, 0.1) is 28.6 Å². The molecule has 2 aliphatic heterocycles. The van der Waals surface area contributed by atoms with Gasteiger partial charge in [-0.2, -0.15) is 10.5 Å². The standard InChI is InChI=1S/C16H18N2O6/c1-3-9(5-17)13(24-20)11-7-21-15-12(8-22-14(11)15)23-16(19)10(4-2)6-18/h3-4,11-15,20H,7-8H2,1-2H3/t11-,12+,13?,14+,15-/m0/s1. The highest BCUT2D eigenvalue weighted by atomic mass is 17.1. The maximum Gasteiger partial charge on any atom is 0.348 e. The van der Waals surface area contributed by atoms with Crippen LogP contribution in [0.15, 0.2) is 23.3 Å². The maximum atomic E-state index is 11.9. The predicted molar refractivity (Wildman–Crippen MR) is 79.1 cm³/mol. The second-order valence-electron chi connectivity index (χ2n) is 5.40. The van der Waals surface area contributed by atoms with E-state index in [-0.39, 0.29) is 24.4 Å². The minimum atomic E-state index is -0.880. The van der Waals surface area contributed by atoms with Gasteiger partial charge in [0, 0.05) is 5.92 Å². The number of carbonyl (C=O) groups is 1. The summed E-state index contributed by atoms with van der Waals surface area (Å²) in [6.07, 6.45) is 0.353. The molecule has 0 saturated carbocycles. The van der Waals surface area contributed by atoms with Gasteiger partial charge in [0.05, 0.1) is 31.0 Å². The van der Waals surface area contributed by atoms with Crippen molar-refractivity contribution >= 4 is 5.97 Å². The first kappa shape index (κ1) is 18.1. The lowest BCUT2D eigenvalue weighted by Gasteiger charge is -2.22. The molecule has 0 radical (unpaired) electrons. The van der Waals surface area contributed by atoms with Crippen molar-refractivity contribution in [3.05, 3.63) is 23.3 Å². The predicted octanol–water partition coefficient (Wildman–Crippen LogP) is 1.11. The second kappa shape index (κ2) is 8.04. The Balaban J connectivity index is 2.08. The second-order valence-corrected chi connectivity index (χ2v) is 5.40. The van der Waals surface area contributed by atoms with Gasteiger partial charge in [0.2, 0.25) is 0 Å². The molecule has 8 heteroatoms. The van der Waals surface area contributed by atoms with Crippen LogP contribution >= 0.6 is 0 Å². The average Bonchev–Trinajstić information content (AvgIpc) is 3.17. The Hall–Kier alpha value is -2.23. The summed E-state index contributed by atoms with van der Waals surface area (Å²) in [7, 11) is 0. The molecule has 1 unspecified atom stereocenters. The highest BCUT2D eigenvalue weighted by Gasteiger charge is 2.52. The molecular formula is C16H18N2O6. The summed E-state index contributed by atoms with van der Waals surface area (Å²) in [5.74, 6) is -1.14. The van der Waals surface area contributed by atoms with Crippen LogP contribution in [0.1, 0.15) is 13.8 Å². The number of esters is 1. The summed E-state index contributed by atoms with van der Waals surface area (Å²) >= 11 is 0. The minimum absolute atomic E-state index is 0.0924. The van der Waals surface area contributed by atoms with Crippen LogP contribution in [0.25, 0.3) is 0 Å². The number of nitrogens with zero attached hydrogens (tertiary/aromatic N) is 2. The third-order valence-electron chi connectivity index (χ3n) is 4.18. The zero-order chi connectivity index (χ0) is 17.7. The Morgan fingerprint density at radius 3 is 2.46 bits per heavy atom. The highest BCUT2D eigenvalue weighted by molar-refractivity contribution is 5.92. The molecule has 0 amide bonds. The van der Waals surface area contributed by atoms with Crippen LogP contribution in [-0.4, -0.2) is 48.9 Å². The number of ether oxygens (including phenoxy) is 3. The van der Waals surface area contributed by atoms with E-state index in [2.05, 4.69) is 4.89 Å². The Labute approximate surface area is 139 Å². The largest absolute Gasteiger partial charge is 0.453 e. The van der Waals surface area contributed by atoms with E-state index >= 15 is 0 Å². The van der Waals surface area contributed by atoms with Gasteiger partial charge in [-0.1, -0.05) is 12.2 Å². The SMILES string of the molecule is CC=C(C#N)C(=O)O[C@@H]1CO[C@H]2[C@H]1OC[C@H]2C(OO)C(C#N)=CC. The van der Waals surface area contributed by atoms with Crippen LogP contribution in [-0.2, 0) is 23.9 Å². The molecule has 0 aromatic rings. The van der Waals surface area contributed by atoms with Crippen molar-refractivity contribution in [2.45, 2.75) is 38.3 Å². The van der Waals surface area contributed by atoms with E-state index in [0.29, 0.717) is 0 Å². The van der Waals surface area contributed by atoms with Gasteiger partial charge in [0.15, 0.2) is 6.10 Å². The van der Waals surface area contributed by atoms with Crippen molar-refractivity contribution in [2.24, 2.45) is 5.92 Å². The fourth-order valence-corrected chi connectivity index (χ4v) is 2.94. The molecule has 8 nitrogen and oxygen atoms in total. The number of nitriles is 2. The first-order valence-electron chi connectivity index (χ1n) is 7.48. The van der Waals surface area contributed by atoms with Gasteiger partial charge in [-0.25, -0.2) is 9.68 Å². The van der Waals surface area contributed by atoms with Crippen molar-refractivity contribution in [3.63, 3.8) is 0 Å². The fourth-order valence-electron chi connectivity index (χ4n) is 2.94. The number of carbonyl (C=O) groups excluding carboxylic acids is 1. The van der Waals surface area contributed by atoms with Crippen LogP contribution in [0.4, 0.5) is 0 Å². The summed E-state index contributed by atoms with van der Waals surface area (Å²) in [6.45, 7) is 3.52. The molecule has 24 heavy (non-hydrogen) atoms.